The van der Waals surface area contributed by atoms with Crippen LogP contribution in [0.5, 0.6) is 17.2 Å². The first-order valence-electron chi connectivity index (χ1n) is 12.4. The van der Waals surface area contributed by atoms with Crippen LogP contribution in [0.2, 0.25) is 10.0 Å². The van der Waals surface area contributed by atoms with Crippen LogP contribution in [0.1, 0.15) is 23.1 Å². The number of carbonyl (C=O) groups is 2. The zero-order valence-corrected chi connectivity index (χ0v) is 24.8. The number of methoxy groups -OCH3 is 2. The van der Waals surface area contributed by atoms with E-state index in [0.29, 0.717) is 56.1 Å². The van der Waals surface area contributed by atoms with Crippen molar-refractivity contribution in [3.05, 3.63) is 82.1 Å². The first kappa shape index (κ1) is 30.0. The predicted octanol–water partition coefficient (Wildman–Crippen LogP) is 5.65. The van der Waals surface area contributed by atoms with Gasteiger partial charge in [0.25, 0.3) is 5.91 Å². The number of rotatable bonds is 12. The van der Waals surface area contributed by atoms with Gasteiger partial charge in [-0.1, -0.05) is 35.0 Å². The molecule has 4 aromatic rings. The molecule has 0 unspecified atom stereocenters. The van der Waals surface area contributed by atoms with Gasteiger partial charge in [-0.25, -0.2) is 0 Å². The van der Waals surface area contributed by atoms with E-state index in [9.17, 15) is 9.59 Å². The topological polar surface area (TPSA) is 117 Å². The summed E-state index contributed by atoms with van der Waals surface area (Å²) in [5.74, 6) is 1.56. The minimum Gasteiger partial charge on any atom is -0.497 e. The summed E-state index contributed by atoms with van der Waals surface area (Å²) in [5.41, 5.74) is 1.61. The SMILES string of the molecule is CCOc1ccc(NC(=O)CSc2nnc(CNC(=O)c3cc(OC)cc(OC)c3)n2-c2ccc(Cl)c(Cl)c2)cc1. The average molecular weight is 617 g/mol. The van der Waals surface area contributed by atoms with E-state index in [1.807, 2.05) is 6.92 Å². The molecule has 0 radical (unpaired) electrons. The fraction of sp³-hybridized carbons (Fsp3) is 0.214. The number of halogens is 2. The molecule has 0 aliphatic carbocycles. The van der Waals surface area contributed by atoms with Gasteiger partial charge in [0.05, 0.1) is 48.9 Å². The van der Waals surface area contributed by atoms with Crippen molar-refractivity contribution in [2.45, 2.75) is 18.6 Å². The molecule has 2 N–H and O–H groups in total. The van der Waals surface area contributed by atoms with E-state index in [2.05, 4.69) is 20.8 Å². The molecule has 2 amide bonds. The maximum Gasteiger partial charge on any atom is 0.251 e. The van der Waals surface area contributed by atoms with Crippen LogP contribution in [0.15, 0.2) is 65.8 Å². The van der Waals surface area contributed by atoms with E-state index >= 15 is 0 Å². The monoisotopic (exact) mass is 615 g/mol. The molecular weight excluding hydrogens is 589 g/mol. The zero-order chi connectivity index (χ0) is 29.4. The summed E-state index contributed by atoms with van der Waals surface area (Å²) in [7, 11) is 3.02. The Labute approximate surface area is 251 Å². The first-order chi connectivity index (χ1) is 19.8. The van der Waals surface area contributed by atoms with Gasteiger partial charge in [-0.15, -0.1) is 10.2 Å². The number of nitrogens with zero attached hydrogens (tertiary/aromatic N) is 3. The van der Waals surface area contributed by atoms with E-state index in [4.69, 9.17) is 37.4 Å². The molecule has 13 heteroatoms. The van der Waals surface area contributed by atoms with E-state index in [0.717, 1.165) is 5.75 Å². The van der Waals surface area contributed by atoms with Crippen molar-refractivity contribution in [2.24, 2.45) is 0 Å². The average Bonchev–Trinajstić information content (AvgIpc) is 3.39. The van der Waals surface area contributed by atoms with Gasteiger partial charge in [0, 0.05) is 17.3 Å². The quantitative estimate of drug-likeness (QED) is 0.196. The van der Waals surface area contributed by atoms with Crippen LogP contribution in [0, 0.1) is 0 Å². The second-order valence-electron chi connectivity index (χ2n) is 8.41. The molecule has 0 saturated heterocycles. The highest BCUT2D eigenvalue weighted by Gasteiger charge is 2.19. The Morgan fingerprint density at radius 1 is 0.902 bits per heavy atom. The Morgan fingerprint density at radius 3 is 2.24 bits per heavy atom. The minimum atomic E-state index is -0.366. The lowest BCUT2D eigenvalue weighted by Crippen LogP contribution is -2.24. The molecule has 0 spiro atoms. The molecule has 0 fully saturated rings. The van der Waals surface area contributed by atoms with Crippen LogP contribution in [-0.2, 0) is 11.3 Å². The van der Waals surface area contributed by atoms with Gasteiger partial charge < -0.3 is 24.8 Å². The second kappa shape index (κ2) is 14.1. The minimum absolute atomic E-state index is 0.0323. The molecule has 0 aliphatic heterocycles. The Balaban J connectivity index is 1.51. The van der Waals surface area contributed by atoms with Crippen molar-refractivity contribution < 1.29 is 23.8 Å². The molecule has 214 valence electrons. The zero-order valence-electron chi connectivity index (χ0n) is 22.4. The van der Waals surface area contributed by atoms with Crippen LogP contribution < -0.4 is 24.8 Å². The molecule has 0 saturated carbocycles. The Morgan fingerprint density at radius 2 is 1.61 bits per heavy atom. The van der Waals surface area contributed by atoms with Gasteiger partial charge in [-0.05, 0) is 61.5 Å². The van der Waals surface area contributed by atoms with Crippen LogP contribution in [0.25, 0.3) is 5.69 Å². The lowest BCUT2D eigenvalue weighted by atomic mass is 10.2. The van der Waals surface area contributed by atoms with E-state index in [-0.39, 0.29) is 24.1 Å². The smallest absolute Gasteiger partial charge is 0.251 e. The standard InChI is InChI=1S/C28H27Cl2N5O5S/c1-4-40-20-8-5-18(6-9-20)32-26(36)16-41-28-34-33-25(35(28)19-7-10-23(29)24(30)13-19)15-31-27(37)17-11-21(38-2)14-22(12-17)39-3/h5-14H,4,15-16H2,1-3H3,(H,31,37)(H,32,36). The van der Waals surface area contributed by atoms with Crippen LogP contribution >= 0.6 is 35.0 Å². The summed E-state index contributed by atoms with van der Waals surface area (Å²) in [6.45, 7) is 2.49. The number of nitrogens with one attached hydrogen (secondary N) is 2. The lowest BCUT2D eigenvalue weighted by Gasteiger charge is -2.13. The molecule has 4 rings (SSSR count). The van der Waals surface area contributed by atoms with Crippen molar-refractivity contribution in [3.8, 4) is 22.9 Å². The van der Waals surface area contributed by atoms with Crippen LogP contribution in [0.3, 0.4) is 0 Å². The Kier molecular flexibility index (Phi) is 10.3. The van der Waals surface area contributed by atoms with Gasteiger partial charge in [0.1, 0.15) is 17.2 Å². The van der Waals surface area contributed by atoms with Crippen LogP contribution in [0.4, 0.5) is 5.69 Å². The number of aromatic nitrogens is 3. The largest absolute Gasteiger partial charge is 0.497 e. The number of carbonyl (C=O) groups excluding carboxylic acids is 2. The highest BCUT2D eigenvalue weighted by atomic mass is 35.5. The predicted molar refractivity (Wildman–Crippen MR) is 159 cm³/mol. The molecule has 0 atom stereocenters. The Hall–Kier alpha value is -3.93. The number of hydrogen-bond donors (Lipinski definition) is 2. The number of hydrogen-bond acceptors (Lipinski definition) is 8. The van der Waals surface area contributed by atoms with Gasteiger partial charge in [0.2, 0.25) is 5.91 Å². The lowest BCUT2D eigenvalue weighted by molar-refractivity contribution is -0.113. The number of thioether (sulfide) groups is 1. The maximum absolute atomic E-state index is 13.0. The third kappa shape index (κ3) is 7.84. The van der Waals surface area contributed by atoms with Crippen LogP contribution in [-0.4, -0.2) is 53.2 Å². The second-order valence-corrected chi connectivity index (χ2v) is 10.2. The molecule has 0 aliphatic rings. The third-order valence-corrected chi connectivity index (χ3v) is 7.33. The summed E-state index contributed by atoms with van der Waals surface area (Å²) in [6.07, 6.45) is 0. The summed E-state index contributed by atoms with van der Waals surface area (Å²) < 4.78 is 17.7. The number of ether oxygens (including phenoxy) is 3. The van der Waals surface area contributed by atoms with Crippen molar-refractivity contribution in [1.82, 2.24) is 20.1 Å². The van der Waals surface area contributed by atoms with Crippen molar-refractivity contribution in [2.75, 3.05) is 31.9 Å². The highest BCUT2D eigenvalue weighted by Crippen LogP contribution is 2.29. The Bertz CT molecular complexity index is 1510. The molecule has 0 bridgehead atoms. The first-order valence-corrected chi connectivity index (χ1v) is 14.1. The molecule has 1 heterocycles. The summed E-state index contributed by atoms with van der Waals surface area (Å²) in [4.78, 5) is 25.7. The fourth-order valence-electron chi connectivity index (χ4n) is 3.72. The molecule has 10 nitrogen and oxygen atoms in total. The molecular formula is C28H27Cl2N5O5S. The highest BCUT2D eigenvalue weighted by molar-refractivity contribution is 7.99. The number of anilines is 1. The van der Waals surface area contributed by atoms with E-state index < -0.39 is 0 Å². The molecule has 3 aromatic carbocycles. The van der Waals surface area contributed by atoms with Gasteiger partial charge in [-0.2, -0.15) is 0 Å². The summed E-state index contributed by atoms with van der Waals surface area (Å²) >= 11 is 13.6. The van der Waals surface area contributed by atoms with E-state index in [1.54, 1.807) is 65.2 Å². The number of benzene rings is 3. The number of amides is 2. The van der Waals surface area contributed by atoms with Crippen molar-refractivity contribution in [3.63, 3.8) is 0 Å². The van der Waals surface area contributed by atoms with Gasteiger partial charge in [-0.3, -0.25) is 14.2 Å². The summed E-state index contributed by atoms with van der Waals surface area (Å²) in [6, 6.07) is 17.1. The van der Waals surface area contributed by atoms with E-state index in [1.165, 1.54) is 26.0 Å². The van der Waals surface area contributed by atoms with Gasteiger partial charge >= 0.3 is 0 Å². The maximum atomic E-state index is 13.0. The van der Waals surface area contributed by atoms with Crippen molar-refractivity contribution in [1.29, 1.82) is 0 Å². The van der Waals surface area contributed by atoms with Crippen molar-refractivity contribution >= 4 is 52.5 Å². The summed E-state index contributed by atoms with van der Waals surface area (Å²) in [5, 5.41) is 15.4. The fourth-order valence-corrected chi connectivity index (χ4v) is 4.78. The van der Waals surface area contributed by atoms with Gasteiger partial charge in [0.15, 0.2) is 11.0 Å². The molecule has 1 aromatic heterocycles. The third-order valence-electron chi connectivity index (χ3n) is 5.66. The normalized spacial score (nSPS) is 10.7. The molecule has 41 heavy (non-hydrogen) atoms.